The molecule has 1 aliphatic heterocycles. The summed E-state index contributed by atoms with van der Waals surface area (Å²) in [6.45, 7) is 0. The lowest BCUT2D eigenvalue weighted by molar-refractivity contribution is -0.119. The third kappa shape index (κ3) is 3.74. The van der Waals surface area contributed by atoms with E-state index >= 15 is 0 Å². The molecule has 1 aliphatic rings. The number of nitrogens with zero attached hydrogens (tertiary/aromatic N) is 1. The maximum Gasteiger partial charge on any atom is 0.273 e. The predicted octanol–water partition coefficient (Wildman–Crippen LogP) is 5.83. The molecule has 3 nitrogen and oxygen atoms in total. The lowest BCUT2D eigenvalue weighted by Crippen LogP contribution is -2.32. The Balaban J connectivity index is 1.83. The molecule has 1 heterocycles. The minimum atomic E-state index is -1.05. The van der Waals surface area contributed by atoms with Crippen LogP contribution in [0.5, 0.6) is 0 Å². The number of halogens is 4. The number of hydrogen-bond acceptors (Lipinski definition) is 3. The number of amides is 2. The van der Waals surface area contributed by atoms with E-state index in [0.29, 0.717) is 26.4 Å². The normalized spacial score (nSPS) is 14.1. The molecule has 0 aliphatic carbocycles. The minimum absolute atomic E-state index is 0.00340. The number of rotatable bonds is 4. The summed E-state index contributed by atoms with van der Waals surface area (Å²) in [4.78, 5) is 27.6. The molecule has 0 radical (unpaired) electrons. The fourth-order valence-electron chi connectivity index (χ4n) is 2.98. The highest BCUT2D eigenvalue weighted by atomic mass is 35.5. The van der Waals surface area contributed by atoms with Crippen molar-refractivity contribution in [2.24, 2.45) is 0 Å². The Hall–Kier alpha value is -3.03. The molecular formula is C22H11ClF3NO2S. The van der Waals surface area contributed by atoms with Gasteiger partial charge in [-0.05, 0) is 54.1 Å². The number of hydrogen-bond donors (Lipinski definition) is 0. The summed E-state index contributed by atoms with van der Waals surface area (Å²) in [5.74, 6) is -3.94. The van der Waals surface area contributed by atoms with Gasteiger partial charge in [0, 0.05) is 16.0 Å². The molecular weight excluding hydrogens is 435 g/mol. The number of carbonyl (C=O) groups excluding carboxylic acids is 2. The molecule has 0 unspecified atom stereocenters. The molecule has 2 amide bonds. The summed E-state index contributed by atoms with van der Waals surface area (Å²) in [5, 5.41) is 0.496. The van der Waals surface area contributed by atoms with Gasteiger partial charge in [0.05, 0.1) is 16.2 Å². The Morgan fingerprint density at radius 3 is 2.03 bits per heavy atom. The van der Waals surface area contributed by atoms with Gasteiger partial charge >= 0.3 is 0 Å². The Labute approximate surface area is 178 Å². The molecule has 0 atom stereocenters. The van der Waals surface area contributed by atoms with Crippen molar-refractivity contribution in [2.75, 3.05) is 4.90 Å². The van der Waals surface area contributed by atoms with Crippen LogP contribution in [0.1, 0.15) is 5.56 Å². The Morgan fingerprint density at radius 2 is 1.40 bits per heavy atom. The van der Waals surface area contributed by atoms with E-state index in [9.17, 15) is 22.8 Å². The van der Waals surface area contributed by atoms with Crippen molar-refractivity contribution < 1.29 is 22.8 Å². The molecule has 0 N–H and O–H groups in total. The molecule has 0 aromatic heterocycles. The second-order valence-electron chi connectivity index (χ2n) is 6.31. The molecule has 0 spiro atoms. The zero-order valence-corrected chi connectivity index (χ0v) is 16.6. The van der Waals surface area contributed by atoms with Gasteiger partial charge in [0.15, 0.2) is 0 Å². The van der Waals surface area contributed by atoms with Gasteiger partial charge in [-0.25, -0.2) is 18.1 Å². The highest BCUT2D eigenvalue weighted by molar-refractivity contribution is 8.04. The summed E-state index contributed by atoms with van der Waals surface area (Å²) in [5.41, 5.74) is -0.0578. The first-order valence-corrected chi connectivity index (χ1v) is 9.82. The van der Waals surface area contributed by atoms with Crippen molar-refractivity contribution >= 4 is 46.4 Å². The van der Waals surface area contributed by atoms with Gasteiger partial charge in [-0.2, -0.15) is 0 Å². The van der Waals surface area contributed by atoms with Gasteiger partial charge in [-0.3, -0.25) is 9.59 Å². The fraction of sp³-hybridized carbons (Fsp3) is 0. The van der Waals surface area contributed by atoms with Crippen LogP contribution in [0.4, 0.5) is 18.9 Å². The molecule has 3 aromatic rings. The number of carbonyl (C=O) groups is 2. The second kappa shape index (κ2) is 8.01. The maximum absolute atomic E-state index is 14.4. The van der Waals surface area contributed by atoms with Crippen molar-refractivity contribution in [2.45, 2.75) is 4.90 Å². The zero-order valence-electron chi connectivity index (χ0n) is 15.0. The number of imide groups is 1. The summed E-state index contributed by atoms with van der Waals surface area (Å²) in [7, 11) is 0. The van der Waals surface area contributed by atoms with Crippen LogP contribution in [0.3, 0.4) is 0 Å². The Kier molecular flexibility index (Phi) is 5.40. The SMILES string of the molecule is O=C1C(Sc2ccc(Cl)cc2)=C(c2ccc(F)cc2)C(=O)N1c1ccc(F)cc1F. The minimum Gasteiger partial charge on any atom is -0.268 e. The van der Waals surface area contributed by atoms with Gasteiger partial charge in [0.2, 0.25) is 0 Å². The number of thioether (sulfide) groups is 1. The van der Waals surface area contributed by atoms with E-state index in [1.54, 1.807) is 24.3 Å². The van der Waals surface area contributed by atoms with Crippen molar-refractivity contribution in [3.63, 3.8) is 0 Å². The van der Waals surface area contributed by atoms with Crippen LogP contribution in [-0.4, -0.2) is 11.8 Å². The van der Waals surface area contributed by atoms with Gasteiger partial charge in [0.25, 0.3) is 11.8 Å². The summed E-state index contributed by atoms with van der Waals surface area (Å²) < 4.78 is 41.1. The molecule has 0 bridgehead atoms. The first kappa shape index (κ1) is 20.3. The van der Waals surface area contributed by atoms with E-state index in [2.05, 4.69) is 0 Å². The lowest BCUT2D eigenvalue weighted by Gasteiger charge is -2.16. The molecule has 150 valence electrons. The zero-order chi connectivity index (χ0) is 21.4. The predicted molar refractivity (Wildman–Crippen MR) is 109 cm³/mol. The van der Waals surface area contributed by atoms with Crippen LogP contribution in [0.15, 0.2) is 76.5 Å². The first-order valence-electron chi connectivity index (χ1n) is 8.62. The van der Waals surface area contributed by atoms with E-state index < -0.39 is 29.3 Å². The molecule has 30 heavy (non-hydrogen) atoms. The largest absolute Gasteiger partial charge is 0.273 e. The van der Waals surface area contributed by atoms with Crippen LogP contribution >= 0.6 is 23.4 Å². The van der Waals surface area contributed by atoms with E-state index in [4.69, 9.17) is 11.6 Å². The van der Waals surface area contributed by atoms with Crippen molar-refractivity contribution in [3.05, 3.63) is 99.7 Å². The van der Waals surface area contributed by atoms with Crippen LogP contribution in [0.25, 0.3) is 5.57 Å². The molecule has 4 rings (SSSR count). The monoisotopic (exact) mass is 445 g/mol. The molecule has 3 aromatic carbocycles. The van der Waals surface area contributed by atoms with Crippen LogP contribution in [0, 0.1) is 17.5 Å². The number of benzene rings is 3. The lowest BCUT2D eigenvalue weighted by atomic mass is 10.1. The van der Waals surface area contributed by atoms with E-state index in [-0.39, 0.29) is 16.2 Å². The molecule has 0 saturated carbocycles. The van der Waals surface area contributed by atoms with Gasteiger partial charge in [0.1, 0.15) is 17.5 Å². The summed E-state index contributed by atoms with van der Waals surface area (Å²) in [6, 6.07) is 14.2. The molecule has 0 saturated heterocycles. The summed E-state index contributed by atoms with van der Waals surface area (Å²) in [6.07, 6.45) is 0. The third-order valence-corrected chi connectivity index (χ3v) is 5.70. The average Bonchev–Trinajstić information content (AvgIpc) is 2.95. The van der Waals surface area contributed by atoms with E-state index in [1.165, 1.54) is 12.1 Å². The summed E-state index contributed by atoms with van der Waals surface area (Å²) >= 11 is 6.90. The van der Waals surface area contributed by atoms with Crippen LogP contribution in [0.2, 0.25) is 5.02 Å². The highest BCUT2D eigenvalue weighted by Gasteiger charge is 2.41. The standard InChI is InChI=1S/C22H11ClF3NO2S/c23-13-3-8-16(9-4-13)30-20-19(12-1-5-14(24)6-2-12)21(28)27(22(20)29)18-10-7-15(25)11-17(18)26/h1-11H. The highest BCUT2D eigenvalue weighted by Crippen LogP contribution is 2.42. The maximum atomic E-state index is 14.4. The smallest absolute Gasteiger partial charge is 0.268 e. The van der Waals surface area contributed by atoms with Crippen LogP contribution < -0.4 is 4.90 Å². The van der Waals surface area contributed by atoms with Crippen molar-refractivity contribution in [3.8, 4) is 0 Å². The van der Waals surface area contributed by atoms with Crippen LogP contribution in [-0.2, 0) is 9.59 Å². The van der Waals surface area contributed by atoms with Gasteiger partial charge in [-0.15, -0.1) is 0 Å². The van der Waals surface area contributed by atoms with E-state index in [0.717, 1.165) is 36.0 Å². The quantitative estimate of drug-likeness (QED) is 0.474. The average molecular weight is 446 g/mol. The first-order chi connectivity index (χ1) is 14.3. The van der Waals surface area contributed by atoms with Gasteiger partial charge in [-0.1, -0.05) is 35.5 Å². The Morgan fingerprint density at radius 1 is 0.767 bits per heavy atom. The second-order valence-corrected chi connectivity index (χ2v) is 7.83. The Bertz CT molecular complexity index is 1190. The third-order valence-electron chi connectivity index (χ3n) is 4.36. The van der Waals surface area contributed by atoms with Crippen molar-refractivity contribution in [1.29, 1.82) is 0 Å². The molecule has 0 fully saturated rings. The topological polar surface area (TPSA) is 37.4 Å². The van der Waals surface area contributed by atoms with Gasteiger partial charge < -0.3 is 0 Å². The number of anilines is 1. The fourth-order valence-corrected chi connectivity index (χ4v) is 4.10. The molecule has 8 heteroatoms. The van der Waals surface area contributed by atoms with Crippen molar-refractivity contribution in [1.82, 2.24) is 0 Å². The van der Waals surface area contributed by atoms with E-state index in [1.807, 2.05) is 0 Å².